The zero-order valence-corrected chi connectivity index (χ0v) is 17.5. The Morgan fingerprint density at radius 1 is 0.607 bits per heavy atom. The molecule has 0 amide bonds. The van der Waals surface area contributed by atoms with Gasteiger partial charge in [-0.1, -0.05) is 0 Å². The van der Waals surface area contributed by atoms with Gasteiger partial charge < -0.3 is 0 Å². The first-order valence-corrected chi connectivity index (χ1v) is 11.8. The van der Waals surface area contributed by atoms with Crippen LogP contribution in [0.4, 0.5) is 8.78 Å². The van der Waals surface area contributed by atoms with E-state index < -0.39 is 0 Å². The first kappa shape index (κ1) is 15.7. The van der Waals surface area contributed by atoms with Gasteiger partial charge in [0.25, 0.3) is 0 Å². The van der Waals surface area contributed by atoms with Crippen molar-refractivity contribution in [3.8, 4) is 22.3 Å². The Balaban J connectivity index is 1.61. The number of aromatic nitrogens is 4. The normalized spacial score (nSPS) is 13.8. The van der Waals surface area contributed by atoms with E-state index in [-0.39, 0.29) is 41.6 Å². The molecule has 0 saturated heterocycles. The zero-order chi connectivity index (χ0) is 18.6. The number of benzene rings is 3. The fraction of sp³-hybridized carbons (Fsp3) is 0.100. The molecule has 134 valence electrons. The molecule has 2 aliphatic carbocycles. The van der Waals surface area contributed by atoms with Crippen LogP contribution in [-0.4, -0.2) is 45.8 Å². The van der Waals surface area contributed by atoms with Crippen molar-refractivity contribution in [2.75, 3.05) is 0 Å². The molecule has 0 atom stereocenters. The number of hydrogen-bond donors (Lipinski definition) is 0. The Labute approximate surface area is 169 Å². The van der Waals surface area contributed by atoms with Crippen LogP contribution in [0.1, 0.15) is 22.3 Å². The Morgan fingerprint density at radius 2 is 1.07 bits per heavy atom. The zero-order valence-electron chi connectivity index (χ0n) is 14.1. The van der Waals surface area contributed by atoms with Crippen molar-refractivity contribution in [2.24, 2.45) is 0 Å². The summed E-state index contributed by atoms with van der Waals surface area (Å²) in [5, 5.41) is 0. The van der Waals surface area contributed by atoms with Crippen LogP contribution >= 0.6 is 0 Å². The third kappa shape index (κ3) is 1.75. The molecular weight excluding hydrogens is 492 g/mol. The summed E-state index contributed by atoms with van der Waals surface area (Å²) in [4.78, 5) is 0. The Hall–Kier alpha value is -2.24. The minimum absolute atomic E-state index is 0.213. The van der Waals surface area contributed by atoms with Gasteiger partial charge in [-0.15, -0.1) is 0 Å². The molecule has 2 aliphatic rings. The summed E-state index contributed by atoms with van der Waals surface area (Å²) in [6.07, 6.45) is 0.763. The van der Waals surface area contributed by atoms with E-state index >= 15 is 8.78 Å². The van der Waals surface area contributed by atoms with E-state index in [1.165, 1.54) is 0 Å². The maximum absolute atomic E-state index is 15.8. The molecule has 7 rings (SSSR count). The molecule has 4 nitrogen and oxygen atoms in total. The average Bonchev–Trinajstić information content (AvgIpc) is 3.47. The van der Waals surface area contributed by atoms with Gasteiger partial charge in [0.2, 0.25) is 0 Å². The summed E-state index contributed by atoms with van der Waals surface area (Å²) in [7, 11) is 0. The molecule has 0 saturated carbocycles. The molecule has 0 unspecified atom stereocenters. The number of nitrogens with zero attached hydrogens (tertiary/aromatic N) is 4. The van der Waals surface area contributed by atoms with Gasteiger partial charge >= 0.3 is 170 Å². The van der Waals surface area contributed by atoms with E-state index in [0.717, 1.165) is 44.3 Å². The number of halogens is 2. The van der Waals surface area contributed by atoms with E-state index in [0.29, 0.717) is 35.1 Å². The van der Waals surface area contributed by atoms with Crippen LogP contribution in [0.15, 0.2) is 24.3 Å². The van der Waals surface area contributed by atoms with E-state index in [1.807, 2.05) is 24.3 Å². The van der Waals surface area contributed by atoms with Crippen LogP contribution in [0.5, 0.6) is 0 Å². The molecule has 0 bridgehead atoms. The van der Waals surface area contributed by atoms with Gasteiger partial charge in [0, 0.05) is 0 Å². The molecule has 2 aromatic heterocycles. The van der Waals surface area contributed by atoms with Crippen LogP contribution in [0.2, 0.25) is 0 Å². The fourth-order valence-electron chi connectivity index (χ4n) is 4.66. The van der Waals surface area contributed by atoms with Crippen molar-refractivity contribution in [2.45, 2.75) is 12.8 Å². The van der Waals surface area contributed by atoms with E-state index in [1.54, 1.807) is 0 Å². The Morgan fingerprint density at radius 3 is 1.54 bits per heavy atom. The van der Waals surface area contributed by atoms with Crippen molar-refractivity contribution in [3.63, 3.8) is 0 Å². The minimum atomic E-state index is -0.321. The van der Waals surface area contributed by atoms with E-state index in [2.05, 4.69) is 15.9 Å². The second-order valence-electron chi connectivity index (χ2n) is 7.15. The molecule has 3 aromatic carbocycles. The van der Waals surface area contributed by atoms with Gasteiger partial charge in [-0.2, -0.15) is 0 Å². The fourth-order valence-corrected chi connectivity index (χ4v) is 6.94. The summed E-state index contributed by atoms with van der Waals surface area (Å²) in [5.41, 5.74) is 7.97. The standard InChI is InChI=1S/C20H8F2N4Se2/c21-17-9-5-7-1-3-11-19(25-27-23-11)13(7)15(9)18(22)10-6-8-2-4-12-20(26-28-24-12)14(8)16(10)17/h1-4H,5-6H2. The predicted octanol–water partition coefficient (Wildman–Crippen LogP) is 3.11. The second kappa shape index (κ2) is 5.22. The Kier molecular flexibility index (Phi) is 2.92. The molecule has 0 spiro atoms. The maximum atomic E-state index is 15.8. The molecule has 0 aliphatic heterocycles. The average molecular weight is 500 g/mol. The van der Waals surface area contributed by atoms with Gasteiger partial charge in [0.15, 0.2) is 0 Å². The van der Waals surface area contributed by atoms with E-state index in [4.69, 9.17) is 0 Å². The third-order valence-electron chi connectivity index (χ3n) is 5.84. The van der Waals surface area contributed by atoms with Gasteiger partial charge in [-0.3, -0.25) is 0 Å². The van der Waals surface area contributed by atoms with Gasteiger partial charge in [0.05, 0.1) is 0 Å². The number of hydrogen-bond acceptors (Lipinski definition) is 4. The molecule has 28 heavy (non-hydrogen) atoms. The van der Waals surface area contributed by atoms with Crippen LogP contribution in [0, 0.1) is 11.6 Å². The first-order chi connectivity index (χ1) is 13.7. The van der Waals surface area contributed by atoms with Crippen molar-refractivity contribution < 1.29 is 8.78 Å². The molecule has 8 heteroatoms. The van der Waals surface area contributed by atoms with Gasteiger partial charge in [-0.05, 0) is 0 Å². The van der Waals surface area contributed by atoms with Crippen LogP contribution in [0.25, 0.3) is 44.3 Å². The van der Waals surface area contributed by atoms with Gasteiger partial charge in [-0.25, -0.2) is 0 Å². The van der Waals surface area contributed by atoms with Crippen LogP contribution in [0.3, 0.4) is 0 Å². The van der Waals surface area contributed by atoms with Crippen molar-refractivity contribution in [3.05, 3.63) is 58.2 Å². The molecule has 0 fully saturated rings. The summed E-state index contributed by atoms with van der Waals surface area (Å²) in [6.45, 7) is 0. The summed E-state index contributed by atoms with van der Waals surface area (Å²) < 4.78 is 49.5. The predicted molar refractivity (Wildman–Crippen MR) is 103 cm³/mol. The van der Waals surface area contributed by atoms with E-state index in [9.17, 15) is 0 Å². The van der Waals surface area contributed by atoms with Crippen molar-refractivity contribution in [1.29, 1.82) is 0 Å². The van der Waals surface area contributed by atoms with Crippen LogP contribution < -0.4 is 0 Å². The molecule has 0 N–H and O–H groups in total. The topological polar surface area (TPSA) is 51.6 Å². The molecule has 0 radical (unpaired) electrons. The van der Waals surface area contributed by atoms with Crippen molar-refractivity contribution >= 4 is 52.0 Å². The molecule has 5 aromatic rings. The quantitative estimate of drug-likeness (QED) is 0.301. The molecule has 2 heterocycles. The molecular formula is C20H8F2N4Se2. The summed E-state index contributed by atoms with van der Waals surface area (Å²) in [5.74, 6) is -0.642. The monoisotopic (exact) mass is 502 g/mol. The van der Waals surface area contributed by atoms with Crippen LogP contribution in [-0.2, 0) is 12.8 Å². The summed E-state index contributed by atoms with van der Waals surface area (Å²) in [6, 6.07) is 7.68. The SMILES string of the molecule is Fc1c2c(c(F)c3c1-c1c(ccc4n[se]nc14)C3)-c1c(ccc3n[se]nc13)C2. The first-order valence-electron chi connectivity index (χ1n) is 8.74. The number of rotatable bonds is 0. The number of fused-ring (bicyclic) bond motifs is 10. The summed E-state index contributed by atoms with van der Waals surface area (Å²) >= 11 is -0.426. The van der Waals surface area contributed by atoms with Gasteiger partial charge in [0.1, 0.15) is 0 Å². The van der Waals surface area contributed by atoms with Crippen molar-refractivity contribution in [1.82, 2.24) is 15.9 Å². The Bertz CT molecular complexity index is 1390. The second-order valence-corrected chi connectivity index (χ2v) is 9.37. The third-order valence-corrected chi connectivity index (χ3v) is 8.11.